The van der Waals surface area contributed by atoms with Crippen molar-refractivity contribution >= 4 is 20.8 Å². The average Bonchev–Trinajstić information content (AvgIpc) is 2.43. The molecule has 0 bridgehead atoms. The summed E-state index contributed by atoms with van der Waals surface area (Å²) < 4.78 is 27.1. The molecule has 1 N–H and O–H groups in total. The van der Waals surface area contributed by atoms with Crippen LogP contribution in [0.5, 0.6) is 0 Å². The van der Waals surface area contributed by atoms with E-state index in [-0.39, 0.29) is 0 Å². The van der Waals surface area contributed by atoms with Crippen molar-refractivity contribution in [2.45, 2.75) is 18.2 Å². The monoisotopic (exact) mass is 276 g/mol. The first-order valence-corrected chi connectivity index (χ1v) is 7.57. The number of rotatable bonds is 5. The van der Waals surface area contributed by atoms with E-state index in [9.17, 15) is 8.42 Å². The van der Waals surface area contributed by atoms with E-state index in [1.165, 1.54) is 0 Å². The molecule has 0 amide bonds. The molecule has 0 fully saturated rings. The van der Waals surface area contributed by atoms with Gasteiger partial charge in [0.1, 0.15) is 0 Å². The number of hydrogen-bond donors (Lipinski definition) is 1. The molecule has 0 saturated heterocycles. The third kappa shape index (κ3) is 3.19. The molecule has 1 aromatic heterocycles. The van der Waals surface area contributed by atoms with Gasteiger partial charge in [-0.15, -0.1) is 0 Å². The summed E-state index contributed by atoms with van der Waals surface area (Å²) in [6.07, 6.45) is 7.77. The highest BCUT2D eigenvalue weighted by Gasteiger charge is 2.15. The fourth-order valence-corrected chi connectivity index (χ4v) is 3.12. The molecule has 0 radical (unpaired) electrons. The van der Waals surface area contributed by atoms with Gasteiger partial charge in [-0.25, -0.2) is 13.1 Å². The molecule has 1 aromatic carbocycles. The molecule has 0 aliphatic heterocycles. The molecule has 0 unspecified atom stereocenters. The molecule has 2 rings (SSSR count). The predicted molar refractivity (Wildman–Crippen MR) is 76.4 cm³/mol. The van der Waals surface area contributed by atoms with E-state index in [0.717, 1.165) is 5.39 Å². The van der Waals surface area contributed by atoms with E-state index in [1.54, 1.807) is 30.6 Å². The van der Waals surface area contributed by atoms with Gasteiger partial charge in [-0.2, -0.15) is 0 Å². The normalized spacial score (nSPS) is 12.3. The Morgan fingerprint density at radius 2 is 2.16 bits per heavy atom. The van der Waals surface area contributed by atoms with Crippen molar-refractivity contribution in [3.8, 4) is 0 Å². The van der Waals surface area contributed by atoms with Crippen LogP contribution in [0.2, 0.25) is 0 Å². The molecule has 0 aliphatic rings. The van der Waals surface area contributed by atoms with Gasteiger partial charge in [-0.3, -0.25) is 4.98 Å². The summed E-state index contributed by atoms with van der Waals surface area (Å²) in [6.45, 7) is 2.31. The standard InChI is InChI=1S/C14H16N2O2S/c1-2-3-4-9-16-19(17,18)14-7-5-6-12-11-15-10-8-13(12)14/h2-3,5-8,10-11,16H,4,9H2,1H3/b3-2+. The number of sulfonamides is 1. The van der Waals surface area contributed by atoms with Gasteiger partial charge in [-0.1, -0.05) is 24.3 Å². The largest absolute Gasteiger partial charge is 0.264 e. The number of benzene rings is 1. The van der Waals surface area contributed by atoms with Crippen LogP contribution in [0, 0.1) is 0 Å². The van der Waals surface area contributed by atoms with E-state index in [0.29, 0.717) is 23.2 Å². The number of hydrogen-bond acceptors (Lipinski definition) is 3. The van der Waals surface area contributed by atoms with Crippen LogP contribution in [-0.4, -0.2) is 19.9 Å². The first-order valence-electron chi connectivity index (χ1n) is 6.09. The van der Waals surface area contributed by atoms with Gasteiger partial charge in [0.2, 0.25) is 10.0 Å². The van der Waals surface area contributed by atoms with Gasteiger partial charge in [-0.05, 0) is 25.5 Å². The van der Waals surface area contributed by atoms with Crippen LogP contribution >= 0.6 is 0 Å². The highest BCUT2D eigenvalue weighted by atomic mass is 32.2. The fraction of sp³-hybridized carbons (Fsp3) is 0.214. The minimum atomic E-state index is -3.48. The number of nitrogens with one attached hydrogen (secondary N) is 1. The molecular formula is C14H16N2O2S. The molecule has 0 saturated carbocycles. The molecule has 1 heterocycles. The molecule has 2 aromatic rings. The Balaban J connectivity index is 2.32. The van der Waals surface area contributed by atoms with Gasteiger partial charge < -0.3 is 0 Å². The van der Waals surface area contributed by atoms with E-state index in [4.69, 9.17) is 0 Å². The van der Waals surface area contributed by atoms with Crippen LogP contribution < -0.4 is 4.72 Å². The number of nitrogens with zero attached hydrogens (tertiary/aromatic N) is 1. The second-order valence-corrected chi connectivity index (χ2v) is 5.84. The SMILES string of the molecule is C/C=C/CCNS(=O)(=O)c1cccc2cnccc12. The number of aromatic nitrogens is 1. The highest BCUT2D eigenvalue weighted by Crippen LogP contribution is 2.21. The number of fused-ring (bicyclic) bond motifs is 1. The van der Waals surface area contributed by atoms with Crippen molar-refractivity contribution in [1.29, 1.82) is 0 Å². The molecule has 5 heteroatoms. The minimum absolute atomic E-state index is 0.299. The zero-order valence-corrected chi connectivity index (χ0v) is 11.5. The van der Waals surface area contributed by atoms with Crippen molar-refractivity contribution in [2.75, 3.05) is 6.54 Å². The van der Waals surface area contributed by atoms with Crippen molar-refractivity contribution in [1.82, 2.24) is 9.71 Å². The molecule has 0 atom stereocenters. The summed E-state index contributed by atoms with van der Waals surface area (Å²) >= 11 is 0. The van der Waals surface area contributed by atoms with E-state index in [1.807, 2.05) is 25.1 Å². The molecule has 4 nitrogen and oxygen atoms in total. The summed E-state index contributed by atoms with van der Waals surface area (Å²) in [6, 6.07) is 6.90. The first-order chi connectivity index (χ1) is 9.15. The Labute approximate surface area is 113 Å². The third-order valence-corrected chi connectivity index (χ3v) is 4.29. The van der Waals surface area contributed by atoms with Crippen LogP contribution in [0.4, 0.5) is 0 Å². The Hall–Kier alpha value is -1.72. The zero-order chi connectivity index (χ0) is 13.7. The molecule has 0 aliphatic carbocycles. The number of pyridine rings is 1. The second-order valence-electron chi connectivity index (χ2n) is 4.11. The summed E-state index contributed by atoms with van der Waals surface area (Å²) in [5.41, 5.74) is 0. The van der Waals surface area contributed by atoms with E-state index >= 15 is 0 Å². The summed E-state index contributed by atoms with van der Waals surface area (Å²) in [7, 11) is -3.48. The lowest BCUT2D eigenvalue weighted by Gasteiger charge is -2.08. The van der Waals surface area contributed by atoms with Gasteiger partial charge in [0.25, 0.3) is 0 Å². The minimum Gasteiger partial charge on any atom is -0.264 e. The van der Waals surface area contributed by atoms with Crippen molar-refractivity contribution in [3.05, 3.63) is 48.8 Å². The zero-order valence-electron chi connectivity index (χ0n) is 10.7. The Morgan fingerprint density at radius 3 is 2.95 bits per heavy atom. The van der Waals surface area contributed by atoms with Gasteiger partial charge in [0.05, 0.1) is 4.90 Å². The third-order valence-electron chi connectivity index (χ3n) is 2.77. The van der Waals surface area contributed by atoms with Gasteiger partial charge in [0.15, 0.2) is 0 Å². The second kappa shape index (κ2) is 5.95. The average molecular weight is 276 g/mol. The molecule has 100 valence electrons. The molecule has 19 heavy (non-hydrogen) atoms. The van der Waals surface area contributed by atoms with Crippen molar-refractivity contribution in [2.24, 2.45) is 0 Å². The van der Waals surface area contributed by atoms with Crippen LogP contribution in [0.1, 0.15) is 13.3 Å². The summed E-state index contributed by atoms with van der Waals surface area (Å²) in [5.74, 6) is 0. The summed E-state index contributed by atoms with van der Waals surface area (Å²) in [5, 5.41) is 1.51. The predicted octanol–water partition coefficient (Wildman–Crippen LogP) is 2.48. The van der Waals surface area contributed by atoms with Crippen molar-refractivity contribution < 1.29 is 8.42 Å². The van der Waals surface area contributed by atoms with Crippen molar-refractivity contribution in [3.63, 3.8) is 0 Å². The molecular weight excluding hydrogens is 260 g/mol. The van der Waals surface area contributed by atoms with E-state index in [2.05, 4.69) is 9.71 Å². The first kappa shape index (κ1) is 13.7. The maximum absolute atomic E-state index is 12.3. The Morgan fingerprint density at radius 1 is 1.32 bits per heavy atom. The smallest absolute Gasteiger partial charge is 0.241 e. The number of allylic oxidation sites excluding steroid dienone is 1. The van der Waals surface area contributed by atoms with Crippen LogP contribution in [0.25, 0.3) is 10.8 Å². The highest BCUT2D eigenvalue weighted by molar-refractivity contribution is 7.89. The molecule has 0 spiro atoms. The van der Waals surface area contributed by atoms with Gasteiger partial charge in [0, 0.05) is 29.7 Å². The summed E-state index contributed by atoms with van der Waals surface area (Å²) in [4.78, 5) is 4.30. The quantitative estimate of drug-likeness (QED) is 0.674. The Bertz CT molecular complexity index is 688. The fourth-order valence-electron chi connectivity index (χ4n) is 1.85. The Kier molecular flexibility index (Phi) is 4.29. The lowest BCUT2D eigenvalue weighted by atomic mass is 10.2. The van der Waals surface area contributed by atoms with Crippen LogP contribution in [0.3, 0.4) is 0 Å². The topological polar surface area (TPSA) is 59.1 Å². The van der Waals surface area contributed by atoms with E-state index < -0.39 is 10.0 Å². The maximum atomic E-state index is 12.3. The lowest BCUT2D eigenvalue weighted by molar-refractivity contribution is 0.583. The van der Waals surface area contributed by atoms with Crippen LogP contribution in [-0.2, 0) is 10.0 Å². The lowest BCUT2D eigenvalue weighted by Crippen LogP contribution is -2.24. The maximum Gasteiger partial charge on any atom is 0.241 e. The van der Waals surface area contributed by atoms with Gasteiger partial charge >= 0.3 is 0 Å². The van der Waals surface area contributed by atoms with Crippen LogP contribution in [0.15, 0.2) is 53.7 Å².